The minimum absolute atomic E-state index is 0.00728. The quantitative estimate of drug-likeness (QED) is 0.444. The van der Waals surface area contributed by atoms with E-state index in [1.807, 2.05) is 18.3 Å². The van der Waals surface area contributed by atoms with Crippen LogP contribution in [-0.2, 0) is 4.43 Å². The third-order valence-corrected chi connectivity index (χ3v) is 9.54. The molecule has 3 heteroatoms. The standard InChI is InChI=1S/C22H31NOSi/c1-18(24-25(5,6)22(2,3)4)17-23-21(19-13-9-7-10-14-19)20-15-11-8-12-16-20/h7-18,21H,1-6H3/t18-/m0/s1. The van der Waals surface area contributed by atoms with Crippen molar-refractivity contribution in [1.82, 2.24) is 0 Å². The van der Waals surface area contributed by atoms with E-state index in [0.29, 0.717) is 0 Å². The molecule has 2 aromatic carbocycles. The molecule has 0 unspecified atom stereocenters. The monoisotopic (exact) mass is 353 g/mol. The zero-order valence-corrected chi connectivity index (χ0v) is 17.4. The lowest BCUT2D eigenvalue weighted by Gasteiger charge is -2.37. The van der Waals surface area contributed by atoms with Crippen LogP contribution in [0.1, 0.15) is 44.9 Å². The van der Waals surface area contributed by atoms with Crippen molar-refractivity contribution in [2.24, 2.45) is 4.99 Å². The Bertz CT molecular complexity index is 635. The first-order chi connectivity index (χ1) is 11.7. The summed E-state index contributed by atoms with van der Waals surface area (Å²) in [6.45, 7) is 13.4. The molecule has 0 fully saturated rings. The zero-order valence-electron chi connectivity index (χ0n) is 16.4. The first-order valence-corrected chi connectivity index (χ1v) is 11.9. The van der Waals surface area contributed by atoms with Gasteiger partial charge in [0.1, 0.15) is 0 Å². The summed E-state index contributed by atoms with van der Waals surface area (Å²) in [6.07, 6.45) is 1.99. The fraction of sp³-hybridized carbons (Fsp3) is 0.409. The minimum Gasteiger partial charge on any atom is -0.409 e. The number of aliphatic imine (C=N–C) groups is 1. The molecule has 1 atom stereocenters. The molecule has 0 amide bonds. The van der Waals surface area contributed by atoms with E-state index in [-0.39, 0.29) is 17.2 Å². The van der Waals surface area contributed by atoms with E-state index < -0.39 is 8.32 Å². The molecule has 0 aliphatic rings. The predicted molar refractivity (Wildman–Crippen MR) is 111 cm³/mol. The van der Waals surface area contributed by atoms with Crippen LogP contribution in [0, 0.1) is 0 Å². The molecule has 2 nitrogen and oxygen atoms in total. The molecule has 0 aromatic heterocycles. The maximum atomic E-state index is 6.41. The Morgan fingerprint density at radius 3 is 1.72 bits per heavy atom. The zero-order chi connectivity index (χ0) is 18.5. The van der Waals surface area contributed by atoms with Crippen molar-refractivity contribution in [2.75, 3.05) is 0 Å². The Hall–Kier alpha value is -1.71. The van der Waals surface area contributed by atoms with Gasteiger partial charge >= 0.3 is 0 Å². The van der Waals surface area contributed by atoms with Gasteiger partial charge in [0.2, 0.25) is 0 Å². The number of nitrogens with zero attached hydrogens (tertiary/aromatic N) is 1. The molecule has 0 aliphatic carbocycles. The summed E-state index contributed by atoms with van der Waals surface area (Å²) >= 11 is 0. The maximum absolute atomic E-state index is 6.41. The van der Waals surface area contributed by atoms with Gasteiger partial charge < -0.3 is 4.43 Å². The molecule has 134 valence electrons. The van der Waals surface area contributed by atoms with Gasteiger partial charge in [-0.15, -0.1) is 0 Å². The highest BCUT2D eigenvalue weighted by atomic mass is 28.4. The van der Waals surface area contributed by atoms with E-state index >= 15 is 0 Å². The first-order valence-electron chi connectivity index (χ1n) is 9.02. The highest BCUT2D eigenvalue weighted by Crippen LogP contribution is 2.37. The van der Waals surface area contributed by atoms with E-state index in [0.717, 1.165) is 0 Å². The lowest BCUT2D eigenvalue weighted by atomic mass is 9.99. The second kappa shape index (κ2) is 8.11. The smallest absolute Gasteiger partial charge is 0.192 e. The lowest BCUT2D eigenvalue weighted by Crippen LogP contribution is -2.43. The summed E-state index contributed by atoms with van der Waals surface area (Å²) in [5, 5.41) is 0.202. The molecule has 0 bridgehead atoms. The third kappa shape index (κ3) is 5.38. The number of hydrogen-bond acceptors (Lipinski definition) is 2. The van der Waals surface area contributed by atoms with Gasteiger partial charge in [-0.1, -0.05) is 81.4 Å². The van der Waals surface area contributed by atoms with Crippen molar-refractivity contribution in [2.45, 2.75) is 58.0 Å². The predicted octanol–water partition coefficient (Wildman–Crippen LogP) is 6.26. The molecular weight excluding hydrogens is 322 g/mol. The molecule has 0 aliphatic heterocycles. The van der Waals surface area contributed by atoms with Crippen LogP contribution >= 0.6 is 0 Å². The molecule has 0 radical (unpaired) electrons. The van der Waals surface area contributed by atoms with Crippen molar-refractivity contribution >= 4 is 14.5 Å². The van der Waals surface area contributed by atoms with Gasteiger partial charge in [-0.05, 0) is 36.2 Å². The van der Waals surface area contributed by atoms with Crippen molar-refractivity contribution in [3.63, 3.8) is 0 Å². The molecule has 0 heterocycles. The lowest BCUT2D eigenvalue weighted by molar-refractivity contribution is 0.263. The molecule has 0 saturated carbocycles. The first kappa shape index (κ1) is 19.6. The van der Waals surface area contributed by atoms with Crippen LogP contribution in [0.4, 0.5) is 0 Å². The molecule has 2 aromatic rings. The second-order valence-electron chi connectivity index (χ2n) is 8.11. The highest BCUT2D eigenvalue weighted by Gasteiger charge is 2.38. The Morgan fingerprint density at radius 1 is 0.880 bits per heavy atom. The van der Waals surface area contributed by atoms with Crippen LogP contribution in [0.3, 0.4) is 0 Å². The van der Waals surface area contributed by atoms with Crippen LogP contribution in [0.5, 0.6) is 0 Å². The number of benzene rings is 2. The molecular formula is C22H31NOSi. The Labute approximate surface area is 154 Å². The normalized spacial score (nSPS) is 14.2. The van der Waals surface area contributed by atoms with Gasteiger partial charge in [0, 0.05) is 6.21 Å². The van der Waals surface area contributed by atoms with E-state index in [1.165, 1.54) is 11.1 Å². The number of rotatable bonds is 6. The summed E-state index contributed by atoms with van der Waals surface area (Å²) in [7, 11) is -1.79. The Balaban J connectivity index is 2.21. The molecule has 0 saturated heterocycles. The molecule has 2 rings (SSSR count). The molecule has 25 heavy (non-hydrogen) atoms. The average Bonchev–Trinajstić information content (AvgIpc) is 2.55. The summed E-state index contributed by atoms with van der Waals surface area (Å²) < 4.78 is 6.41. The Morgan fingerprint density at radius 2 is 1.32 bits per heavy atom. The van der Waals surface area contributed by atoms with Crippen LogP contribution in [0.2, 0.25) is 18.1 Å². The fourth-order valence-corrected chi connectivity index (χ4v) is 3.86. The topological polar surface area (TPSA) is 21.6 Å². The van der Waals surface area contributed by atoms with E-state index in [1.54, 1.807) is 0 Å². The van der Waals surface area contributed by atoms with Crippen molar-refractivity contribution in [3.8, 4) is 0 Å². The summed E-state index contributed by atoms with van der Waals surface area (Å²) in [5.74, 6) is 0. The van der Waals surface area contributed by atoms with Crippen LogP contribution in [-0.4, -0.2) is 20.6 Å². The summed E-state index contributed by atoms with van der Waals surface area (Å²) in [5.41, 5.74) is 2.40. The van der Waals surface area contributed by atoms with Crippen molar-refractivity contribution < 1.29 is 4.43 Å². The summed E-state index contributed by atoms with van der Waals surface area (Å²) in [6, 6.07) is 20.9. The van der Waals surface area contributed by atoms with Gasteiger partial charge in [0.05, 0.1) is 12.1 Å². The SMILES string of the molecule is C[C@@H](C=NC(c1ccccc1)c1ccccc1)O[Si](C)(C)C(C)(C)C. The van der Waals surface area contributed by atoms with E-state index in [2.05, 4.69) is 89.3 Å². The Kier molecular flexibility index (Phi) is 6.36. The second-order valence-corrected chi connectivity index (χ2v) is 12.9. The minimum atomic E-state index is -1.79. The van der Waals surface area contributed by atoms with Gasteiger partial charge in [0.25, 0.3) is 0 Å². The molecule has 0 N–H and O–H groups in total. The number of hydrogen-bond donors (Lipinski definition) is 0. The van der Waals surface area contributed by atoms with Gasteiger partial charge in [-0.25, -0.2) is 0 Å². The van der Waals surface area contributed by atoms with E-state index in [4.69, 9.17) is 9.42 Å². The van der Waals surface area contributed by atoms with E-state index in [9.17, 15) is 0 Å². The average molecular weight is 354 g/mol. The van der Waals surface area contributed by atoms with Crippen LogP contribution in [0.25, 0.3) is 0 Å². The van der Waals surface area contributed by atoms with Crippen LogP contribution in [0.15, 0.2) is 65.7 Å². The van der Waals surface area contributed by atoms with Crippen molar-refractivity contribution in [1.29, 1.82) is 0 Å². The fourth-order valence-electron chi connectivity index (χ4n) is 2.51. The third-order valence-electron chi connectivity index (χ3n) is 4.96. The van der Waals surface area contributed by atoms with Crippen LogP contribution < -0.4 is 0 Å². The highest BCUT2D eigenvalue weighted by molar-refractivity contribution is 6.74. The maximum Gasteiger partial charge on any atom is 0.192 e. The van der Waals surface area contributed by atoms with Gasteiger partial charge in [0.15, 0.2) is 8.32 Å². The largest absolute Gasteiger partial charge is 0.409 e. The summed E-state index contributed by atoms with van der Waals surface area (Å²) in [4.78, 5) is 4.90. The molecule has 0 spiro atoms. The van der Waals surface area contributed by atoms with Gasteiger partial charge in [-0.3, -0.25) is 4.99 Å². The van der Waals surface area contributed by atoms with Crippen molar-refractivity contribution in [3.05, 3.63) is 71.8 Å². The van der Waals surface area contributed by atoms with Gasteiger partial charge in [-0.2, -0.15) is 0 Å².